The molecule has 1 N–H and O–H groups in total. The molecule has 2 aromatic rings. The Morgan fingerprint density at radius 3 is 3.12 bits per heavy atom. The van der Waals surface area contributed by atoms with Crippen LogP contribution in [0, 0.1) is 0 Å². The third-order valence-corrected chi connectivity index (χ3v) is 2.89. The molecule has 1 aliphatic heterocycles. The molecule has 5 nitrogen and oxygen atoms in total. The molecule has 3 heterocycles. The van der Waals surface area contributed by atoms with Crippen LogP contribution in [0.5, 0.6) is 0 Å². The molecule has 0 spiro atoms. The number of β-amino-alcohol motifs (C(OH)–C–C–N with tert-alkyl or cyclic N) is 1. The molecule has 90 valence electrons. The maximum Gasteiger partial charge on any atom is 0.137 e. The quantitative estimate of drug-likeness (QED) is 0.871. The van der Waals surface area contributed by atoms with Crippen LogP contribution < -0.4 is 0 Å². The maximum absolute atomic E-state index is 9.34. The highest BCUT2D eigenvalue weighted by atomic mass is 35.5. The highest BCUT2D eigenvalue weighted by Crippen LogP contribution is 2.14. The van der Waals surface area contributed by atoms with Gasteiger partial charge in [-0.15, -0.1) is 0 Å². The van der Waals surface area contributed by atoms with Crippen molar-refractivity contribution in [1.29, 1.82) is 0 Å². The van der Waals surface area contributed by atoms with Crippen molar-refractivity contribution in [1.82, 2.24) is 14.4 Å². The maximum atomic E-state index is 9.34. The molecule has 3 rings (SSSR count). The number of aromatic nitrogens is 2. The number of aliphatic hydroxyl groups is 1. The van der Waals surface area contributed by atoms with E-state index in [1.165, 1.54) is 0 Å². The van der Waals surface area contributed by atoms with Crippen LogP contribution in [0.15, 0.2) is 24.5 Å². The Morgan fingerprint density at radius 1 is 1.47 bits per heavy atom. The van der Waals surface area contributed by atoms with Gasteiger partial charge in [-0.2, -0.15) is 5.06 Å². The summed E-state index contributed by atoms with van der Waals surface area (Å²) in [4.78, 5) is 9.74. The Kier molecular flexibility index (Phi) is 2.76. The minimum Gasteiger partial charge on any atom is -0.389 e. The molecule has 0 amide bonds. The summed E-state index contributed by atoms with van der Waals surface area (Å²) in [6, 6.07) is 3.68. The van der Waals surface area contributed by atoms with E-state index in [4.69, 9.17) is 16.4 Å². The topological polar surface area (TPSA) is 50.0 Å². The molecule has 1 fully saturated rings. The number of hydrogen-bond acceptors (Lipinski definition) is 4. The van der Waals surface area contributed by atoms with E-state index < -0.39 is 6.10 Å². The fourth-order valence-electron chi connectivity index (χ4n) is 1.92. The molecule has 0 saturated carbocycles. The van der Waals surface area contributed by atoms with Crippen LogP contribution >= 0.6 is 11.6 Å². The van der Waals surface area contributed by atoms with Crippen molar-refractivity contribution in [2.24, 2.45) is 0 Å². The van der Waals surface area contributed by atoms with Gasteiger partial charge in [0.1, 0.15) is 5.65 Å². The first kappa shape index (κ1) is 11.0. The summed E-state index contributed by atoms with van der Waals surface area (Å²) >= 11 is 5.90. The minimum absolute atomic E-state index is 0.360. The number of rotatable bonds is 2. The van der Waals surface area contributed by atoms with Crippen LogP contribution in [0.25, 0.3) is 5.65 Å². The second-order valence-electron chi connectivity index (χ2n) is 4.12. The number of halogens is 1. The first-order valence-corrected chi connectivity index (χ1v) is 5.77. The zero-order valence-electron chi connectivity index (χ0n) is 9.08. The highest BCUT2D eigenvalue weighted by molar-refractivity contribution is 6.30. The molecular weight excluding hydrogens is 242 g/mol. The largest absolute Gasteiger partial charge is 0.389 e. The summed E-state index contributed by atoms with van der Waals surface area (Å²) in [5, 5.41) is 11.7. The van der Waals surface area contributed by atoms with Crippen molar-refractivity contribution < 1.29 is 9.94 Å². The predicted molar refractivity (Wildman–Crippen MR) is 62.6 cm³/mol. The first-order chi connectivity index (χ1) is 8.20. The van der Waals surface area contributed by atoms with Gasteiger partial charge in [0.15, 0.2) is 0 Å². The van der Waals surface area contributed by atoms with Crippen LogP contribution in [0.2, 0.25) is 5.02 Å². The third-order valence-electron chi connectivity index (χ3n) is 2.67. The first-order valence-electron chi connectivity index (χ1n) is 5.40. The van der Waals surface area contributed by atoms with E-state index in [9.17, 15) is 5.11 Å². The van der Waals surface area contributed by atoms with Crippen LogP contribution in [-0.4, -0.2) is 38.8 Å². The fourth-order valence-corrected chi connectivity index (χ4v) is 2.08. The molecular formula is C11H12ClN3O2. The van der Waals surface area contributed by atoms with Gasteiger partial charge in [0, 0.05) is 12.4 Å². The van der Waals surface area contributed by atoms with Gasteiger partial charge in [-0.3, -0.25) is 4.84 Å². The van der Waals surface area contributed by atoms with E-state index in [1.54, 1.807) is 5.06 Å². The molecule has 1 aliphatic rings. The summed E-state index contributed by atoms with van der Waals surface area (Å²) in [6.45, 7) is 1.45. The van der Waals surface area contributed by atoms with E-state index in [2.05, 4.69) is 4.98 Å². The van der Waals surface area contributed by atoms with Crippen LogP contribution in [0.4, 0.5) is 0 Å². The molecule has 1 saturated heterocycles. The van der Waals surface area contributed by atoms with Gasteiger partial charge in [0.25, 0.3) is 0 Å². The molecule has 0 aromatic carbocycles. The van der Waals surface area contributed by atoms with E-state index in [1.807, 2.05) is 28.9 Å². The lowest BCUT2D eigenvalue weighted by molar-refractivity contribution is -0.118. The smallest absolute Gasteiger partial charge is 0.137 e. The third kappa shape index (κ3) is 2.28. The summed E-state index contributed by atoms with van der Waals surface area (Å²) in [5.74, 6) is 0. The Bertz CT molecular complexity index is 542. The van der Waals surface area contributed by atoms with Crippen molar-refractivity contribution in [3.63, 3.8) is 0 Å². The zero-order valence-corrected chi connectivity index (χ0v) is 9.84. The average Bonchev–Trinajstić information content (AvgIpc) is 2.84. The highest BCUT2D eigenvalue weighted by Gasteiger charge is 2.22. The standard InChI is InChI=1S/C11H12ClN3O2/c12-8-1-2-11-13-9(4-14(11)3-8)5-15-6-10(16)7-17-15/h1-4,10,16H,5-7H2/t10-/m0/s1. The summed E-state index contributed by atoms with van der Waals surface area (Å²) in [7, 11) is 0. The van der Waals surface area contributed by atoms with Gasteiger partial charge in [0.2, 0.25) is 0 Å². The van der Waals surface area contributed by atoms with Gasteiger partial charge in [-0.25, -0.2) is 4.98 Å². The second kappa shape index (κ2) is 4.27. The Morgan fingerprint density at radius 2 is 2.35 bits per heavy atom. The molecule has 0 aliphatic carbocycles. The van der Waals surface area contributed by atoms with Crippen molar-refractivity contribution in [2.75, 3.05) is 13.2 Å². The minimum atomic E-state index is -0.401. The number of imidazole rings is 1. The monoisotopic (exact) mass is 253 g/mol. The van der Waals surface area contributed by atoms with Gasteiger partial charge in [0.05, 0.1) is 36.5 Å². The van der Waals surface area contributed by atoms with Crippen molar-refractivity contribution in [3.05, 3.63) is 35.2 Å². The number of aliphatic hydroxyl groups excluding tert-OH is 1. The number of pyridine rings is 1. The molecule has 0 radical (unpaired) electrons. The predicted octanol–water partition coefficient (Wildman–Crippen LogP) is 1.10. The van der Waals surface area contributed by atoms with E-state index in [-0.39, 0.29) is 0 Å². The van der Waals surface area contributed by atoms with E-state index in [0.29, 0.717) is 24.7 Å². The molecule has 2 aromatic heterocycles. The SMILES string of the molecule is O[C@@H]1CON(Cc2cn3cc(Cl)ccc3n2)C1. The van der Waals surface area contributed by atoms with Crippen molar-refractivity contribution in [2.45, 2.75) is 12.6 Å². The number of nitrogens with zero attached hydrogens (tertiary/aromatic N) is 3. The van der Waals surface area contributed by atoms with E-state index >= 15 is 0 Å². The van der Waals surface area contributed by atoms with E-state index in [0.717, 1.165) is 11.3 Å². The van der Waals surface area contributed by atoms with Gasteiger partial charge in [-0.1, -0.05) is 11.6 Å². The van der Waals surface area contributed by atoms with Crippen LogP contribution in [-0.2, 0) is 11.4 Å². The lowest BCUT2D eigenvalue weighted by Gasteiger charge is -2.10. The number of hydrogen-bond donors (Lipinski definition) is 1. The summed E-state index contributed by atoms with van der Waals surface area (Å²) in [5.41, 5.74) is 1.74. The molecule has 0 bridgehead atoms. The zero-order chi connectivity index (χ0) is 11.8. The summed E-state index contributed by atoms with van der Waals surface area (Å²) in [6.07, 6.45) is 3.32. The average molecular weight is 254 g/mol. The van der Waals surface area contributed by atoms with Crippen LogP contribution in [0.3, 0.4) is 0 Å². The summed E-state index contributed by atoms with van der Waals surface area (Å²) < 4.78 is 1.88. The lowest BCUT2D eigenvalue weighted by atomic mass is 10.4. The Hall–Kier alpha value is -1.14. The normalized spacial score (nSPS) is 21.4. The number of fused-ring (bicyclic) bond motifs is 1. The van der Waals surface area contributed by atoms with Gasteiger partial charge in [-0.05, 0) is 12.1 Å². The molecule has 0 unspecified atom stereocenters. The van der Waals surface area contributed by atoms with Crippen molar-refractivity contribution in [3.8, 4) is 0 Å². The second-order valence-corrected chi connectivity index (χ2v) is 4.55. The lowest BCUT2D eigenvalue weighted by Crippen LogP contribution is -2.20. The van der Waals surface area contributed by atoms with Crippen LogP contribution in [0.1, 0.15) is 5.69 Å². The Balaban J connectivity index is 1.81. The van der Waals surface area contributed by atoms with Gasteiger partial charge < -0.3 is 9.51 Å². The number of hydroxylamine groups is 2. The Labute approximate surface area is 103 Å². The molecule has 17 heavy (non-hydrogen) atoms. The fraction of sp³-hybridized carbons (Fsp3) is 0.364. The van der Waals surface area contributed by atoms with Gasteiger partial charge >= 0.3 is 0 Å². The van der Waals surface area contributed by atoms with Crippen molar-refractivity contribution >= 4 is 17.2 Å². The molecule has 1 atom stereocenters. The molecule has 6 heteroatoms.